The normalized spacial score (nSPS) is 12.1. The van der Waals surface area contributed by atoms with Crippen LogP contribution < -0.4 is 10.5 Å². The van der Waals surface area contributed by atoms with Gasteiger partial charge in [0.25, 0.3) is 0 Å². The first-order valence-electron chi connectivity index (χ1n) is 5.54. The first-order chi connectivity index (χ1) is 8.29. The molecule has 1 atom stereocenters. The predicted molar refractivity (Wildman–Crippen MR) is 65.4 cm³/mol. The molecule has 0 bridgehead atoms. The van der Waals surface area contributed by atoms with Gasteiger partial charge in [0.15, 0.2) is 0 Å². The standard InChI is InChI=1S/C13H15N3O/c1-10(11-5-3-2-4-6-11)17-13-8-7-12(9-14)15-16-13/h2-8,10H,9,14H2,1H3. The molecule has 0 fully saturated rings. The van der Waals surface area contributed by atoms with E-state index in [1.807, 2.05) is 43.3 Å². The molecule has 1 aromatic heterocycles. The Morgan fingerprint density at radius 1 is 1.12 bits per heavy atom. The van der Waals surface area contributed by atoms with Crippen molar-refractivity contribution in [3.63, 3.8) is 0 Å². The molecule has 0 saturated heterocycles. The van der Waals surface area contributed by atoms with Crippen molar-refractivity contribution in [2.75, 3.05) is 0 Å². The van der Waals surface area contributed by atoms with E-state index in [4.69, 9.17) is 10.5 Å². The Kier molecular flexibility index (Phi) is 3.67. The molecule has 2 aromatic rings. The van der Waals surface area contributed by atoms with E-state index >= 15 is 0 Å². The Labute approximate surface area is 100 Å². The first kappa shape index (κ1) is 11.5. The van der Waals surface area contributed by atoms with E-state index in [9.17, 15) is 0 Å². The fraction of sp³-hybridized carbons (Fsp3) is 0.231. The fourth-order valence-electron chi connectivity index (χ4n) is 1.49. The van der Waals surface area contributed by atoms with Crippen LogP contribution in [0.3, 0.4) is 0 Å². The van der Waals surface area contributed by atoms with E-state index in [-0.39, 0.29) is 6.10 Å². The van der Waals surface area contributed by atoms with Gasteiger partial charge in [-0.25, -0.2) is 0 Å². The zero-order chi connectivity index (χ0) is 12.1. The van der Waals surface area contributed by atoms with Gasteiger partial charge in [0, 0.05) is 12.6 Å². The van der Waals surface area contributed by atoms with Crippen LogP contribution in [-0.2, 0) is 6.54 Å². The third kappa shape index (κ3) is 3.01. The molecule has 1 unspecified atom stereocenters. The lowest BCUT2D eigenvalue weighted by atomic mass is 10.1. The molecule has 2 rings (SSSR count). The van der Waals surface area contributed by atoms with Crippen molar-refractivity contribution in [3.8, 4) is 5.88 Å². The molecule has 17 heavy (non-hydrogen) atoms. The highest BCUT2D eigenvalue weighted by Crippen LogP contribution is 2.18. The summed E-state index contributed by atoms with van der Waals surface area (Å²) in [4.78, 5) is 0. The highest BCUT2D eigenvalue weighted by Gasteiger charge is 2.07. The highest BCUT2D eigenvalue weighted by molar-refractivity contribution is 5.19. The van der Waals surface area contributed by atoms with E-state index < -0.39 is 0 Å². The Balaban J connectivity index is 2.05. The van der Waals surface area contributed by atoms with Gasteiger partial charge in [-0.3, -0.25) is 0 Å². The van der Waals surface area contributed by atoms with Crippen molar-refractivity contribution in [2.24, 2.45) is 5.73 Å². The van der Waals surface area contributed by atoms with Gasteiger partial charge in [-0.15, -0.1) is 5.10 Å². The molecule has 4 nitrogen and oxygen atoms in total. The Morgan fingerprint density at radius 2 is 1.88 bits per heavy atom. The van der Waals surface area contributed by atoms with Gasteiger partial charge >= 0.3 is 0 Å². The fourth-order valence-corrected chi connectivity index (χ4v) is 1.49. The van der Waals surface area contributed by atoms with Crippen LogP contribution in [-0.4, -0.2) is 10.2 Å². The molecule has 4 heteroatoms. The monoisotopic (exact) mass is 229 g/mol. The largest absolute Gasteiger partial charge is 0.469 e. The molecule has 0 aliphatic rings. The second-order valence-electron chi connectivity index (χ2n) is 3.74. The predicted octanol–water partition coefficient (Wildman–Crippen LogP) is 2.08. The molecule has 1 heterocycles. The summed E-state index contributed by atoms with van der Waals surface area (Å²) in [6, 6.07) is 13.6. The summed E-state index contributed by atoms with van der Waals surface area (Å²) in [5.41, 5.74) is 7.31. The minimum absolute atomic E-state index is 0.0470. The van der Waals surface area contributed by atoms with Crippen LogP contribution in [0, 0.1) is 0 Å². The van der Waals surface area contributed by atoms with Crippen LogP contribution in [0.4, 0.5) is 0 Å². The zero-order valence-corrected chi connectivity index (χ0v) is 9.71. The lowest BCUT2D eigenvalue weighted by molar-refractivity contribution is 0.214. The molecular weight excluding hydrogens is 214 g/mol. The third-order valence-electron chi connectivity index (χ3n) is 2.47. The molecular formula is C13H15N3O. The van der Waals surface area contributed by atoms with Crippen LogP contribution in [0.1, 0.15) is 24.3 Å². The zero-order valence-electron chi connectivity index (χ0n) is 9.71. The minimum atomic E-state index is -0.0470. The molecule has 0 aliphatic heterocycles. The Morgan fingerprint density at radius 3 is 2.47 bits per heavy atom. The molecule has 88 valence electrons. The maximum absolute atomic E-state index is 5.69. The van der Waals surface area contributed by atoms with Crippen molar-refractivity contribution in [1.82, 2.24) is 10.2 Å². The van der Waals surface area contributed by atoms with Gasteiger partial charge in [0.2, 0.25) is 5.88 Å². The van der Waals surface area contributed by atoms with Gasteiger partial charge in [0.05, 0.1) is 5.69 Å². The van der Waals surface area contributed by atoms with Crippen molar-refractivity contribution >= 4 is 0 Å². The lowest BCUT2D eigenvalue weighted by Gasteiger charge is -2.13. The molecule has 2 N–H and O–H groups in total. The Hall–Kier alpha value is -1.94. The van der Waals surface area contributed by atoms with Gasteiger partial charge in [-0.2, -0.15) is 5.10 Å². The average Bonchev–Trinajstić information content (AvgIpc) is 2.40. The molecule has 0 radical (unpaired) electrons. The Bertz CT molecular complexity index is 456. The van der Waals surface area contributed by atoms with Crippen molar-refractivity contribution in [1.29, 1.82) is 0 Å². The van der Waals surface area contributed by atoms with Crippen molar-refractivity contribution in [3.05, 3.63) is 53.7 Å². The van der Waals surface area contributed by atoms with Crippen LogP contribution in [0.2, 0.25) is 0 Å². The topological polar surface area (TPSA) is 61.0 Å². The van der Waals surface area contributed by atoms with E-state index in [1.165, 1.54) is 0 Å². The average molecular weight is 229 g/mol. The lowest BCUT2D eigenvalue weighted by Crippen LogP contribution is -2.06. The molecule has 1 aromatic carbocycles. The summed E-state index contributed by atoms with van der Waals surface area (Å²) in [7, 11) is 0. The summed E-state index contributed by atoms with van der Waals surface area (Å²) < 4.78 is 5.69. The maximum Gasteiger partial charge on any atom is 0.233 e. The van der Waals surface area contributed by atoms with Gasteiger partial charge in [-0.1, -0.05) is 30.3 Å². The van der Waals surface area contributed by atoms with E-state index in [2.05, 4.69) is 10.2 Å². The summed E-state index contributed by atoms with van der Waals surface area (Å²) in [6.45, 7) is 2.37. The number of benzene rings is 1. The third-order valence-corrected chi connectivity index (χ3v) is 2.47. The maximum atomic E-state index is 5.69. The summed E-state index contributed by atoms with van der Waals surface area (Å²) in [6.07, 6.45) is -0.0470. The molecule has 0 aliphatic carbocycles. The van der Waals surface area contributed by atoms with Crippen molar-refractivity contribution < 1.29 is 4.74 Å². The SMILES string of the molecule is CC(Oc1ccc(CN)nn1)c1ccccc1. The number of ether oxygens (including phenoxy) is 1. The van der Waals surface area contributed by atoms with Crippen LogP contribution in [0.15, 0.2) is 42.5 Å². The quantitative estimate of drug-likeness (QED) is 0.871. The highest BCUT2D eigenvalue weighted by atomic mass is 16.5. The second kappa shape index (κ2) is 5.41. The number of aromatic nitrogens is 2. The summed E-state index contributed by atoms with van der Waals surface area (Å²) >= 11 is 0. The molecule has 0 amide bonds. The van der Waals surface area contributed by atoms with Crippen molar-refractivity contribution in [2.45, 2.75) is 19.6 Å². The van der Waals surface area contributed by atoms with E-state index in [1.54, 1.807) is 6.07 Å². The van der Waals surface area contributed by atoms with Gasteiger partial charge in [0.1, 0.15) is 6.10 Å². The summed E-state index contributed by atoms with van der Waals surface area (Å²) in [5.74, 6) is 0.513. The minimum Gasteiger partial charge on any atom is -0.469 e. The first-order valence-corrected chi connectivity index (χ1v) is 5.54. The number of rotatable bonds is 4. The van der Waals surface area contributed by atoms with Gasteiger partial charge < -0.3 is 10.5 Å². The van der Waals surface area contributed by atoms with Gasteiger partial charge in [-0.05, 0) is 18.6 Å². The number of hydrogen-bond acceptors (Lipinski definition) is 4. The number of nitrogens with zero attached hydrogens (tertiary/aromatic N) is 2. The smallest absolute Gasteiger partial charge is 0.233 e. The molecule has 0 saturated carbocycles. The number of hydrogen-bond donors (Lipinski definition) is 1. The van der Waals surface area contributed by atoms with E-state index in [0.717, 1.165) is 11.3 Å². The second-order valence-corrected chi connectivity index (χ2v) is 3.74. The van der Waals surface area contributed by atoms with Crippen LogP contribution in [0.5, 0.6) is 5.88 Å². The van der Waals surface area contributed by atoms with Crippen LogP contribution >= 0.6 is 0 Å². The summed E-state index contributed by atoms with van der Waals surface area (Å²) in [5, 5.41) is 7.91. The number of nitrogens with two attached hydrogens (primary N) is 1. The van der Waals surface area contributed by atoms with Crippen LogP contribution in [0.25, 0.3) is 0 Å². The molecule has 0 spiro atoms. The van der Waals surface area contributed by atoms with E-state index in [0.29, 0.717) is 12.4 Å².